The molecule has 0 saturated carbocycles. The molecule has 21 heavy (non-hydrogen) atoms. The second-order valence-corrected chi connectivity index (χ2v) is 5.84. The van der Waals surface area contributed by atoms with Crippen LogP contribution in [0, 0.1) is 11.3 Å². The summed E-state index contributed by atoms with van der Waals surface area (Å²) in [5, 5.41) is 11.6. The van der Waals surface area contributed by atoms with Gasteiger partial charge in [-0.15, -0.1) is 0 Å². The summed E-state index contributed by atoms with van der Waals surface area (Å²) in [6.07, 6.45) is -4.70. The van der Waals surface area contributed by atoms with Gasteiger partial charge in [-0.1, -0.05) is 6.92 Å². The number of nitrogens with zero attached hydrogens (tertiary/aromatic N) is 1. The van der Waals surface area contributed by atoms with Crippen molar-refractivity contribution in [3.8, 4) is 6.07 Å². The Hall–Kier alpha value is -1.63. The molecule has 5 nitrogen and oxygen atoms in total. The van der Waals surface area contributed by atoms with Crippen molar-refractivity contribution in [1.82, 2.24) is 10.0 Å². The third kappa shape index (κ3) is 4.70. The first-order valence-electron chi connectivity index (χ1n) is 6.04. The van der Waals surface area contributed by atoms with Gasteiger partial charge in [0, 0.05) is 13.1 Å². The average molecular weight is 321 g/mol. The molecule has 0 amide bonds. The molecule has 0 aliphatic carbocycles. The maximum Gasteiger partial charge on any atom is 0.417 e. The quantitative estimate of drug-likeness (QED) is 0.777. The summed E-state index contributed by atoms with van der Waals surface area (Å²) < 4.78 is 63.9. The predicted molar refractivity (Wildman–Crippen MR) is 69.9 cm³/mol. The Balaban J connectivity index is 3.02. The van der Waals surface area contributed by atoms with Crippen molar-refractivity contribution >= 4 is 10.0 Å². The van der Waals surface area contributed by atoms with E-state index in [0.29, 0.717) is 19.2 Å². The standard InChI is InChI=1S/C12H14F3N3O2S/c1-2-17-5-6-18-21(19,20)10-3-4-11(12(13,14)15)9(7-10)8-16/h3-4,7,17-18H,2,5-6H2,1H3. The summed E-state index contributed by atoms with van der Waals surface area (Å²) in [6, 6.07) is 3.51. The lowest BCUT2D eigenvalue weighted by atomic mass is 10.1. The fourth-order valence-electron chi connectivity index (χ4n) is 1.56. The van der Waals surface area contributed by atoms with Gasteiger partial charge in [-0.2, -0.15) is 18.4 Å². The number of benzene rings is 1. The van der Waals surface area contributed by atoms with Crippen molar-refractivity contribution < 1.29 is 21.6 Å². The largest absolute Gasteiger partial charge is 0.417 e. The van der Waals surface area contributed by atoms with Crippen molar-refractivity contribution in [2.45, 2.75) is 18.0 Å². The number of rotatable bonds is 6. The van der Waals surface area contributed by atoms with Crippen molar-refractivity contribution in [2.75, 3.05) is 19.6 Å². The Kier molecular flexibility index (Phi) is 5.71. The van der Waals surface area contributed by atoms with Crippen molar-refractivity contribution in [2.24, 2.45) is 0 Å². The second kappa shape index (κ2) is 6.89. The summed E-state index contributed by atoms with van der Waals surface area (Å²) in [5.74, 6) is 0. The lowest BCUT2D eigenvalue weighted by Crippen LogP contribution is -2.31. The first-order chi connectivity index (χ1) is 9.72. The van der Waals surface area contributed by atoms with Crippen LogP contribution in [-0.2, 0) is 16.2 Å². The highest BCUT2D eigenvalue weighted by Gasteiger charge is 2.34. The van der Waals surface area contributed by atoms with Gasteiger partial charge in [-0.25, -0.2) is 13.1 Å². The zero-order valence-corrected chi connectivity index (χ0v) is 12.0. The summed E-state index contributed by atoms with van der Waals surface area (Å²) in [7, 11) is -3.94. The van der Waals surface area contributed by atoms with Gasteiger partial charge in [0.05, 0.1) is 22.1 Å². The molecule has 0 fully saturated rings. The fourth-order valence-corrected chi connectivity index (χ4v) is 2.62. The van der Waals surface area contributed by atoms with E-state index in [1.165, 1.54) is 6.07 Å². The summed E-state index contributed by atoms with van der Waals surface area (Å²) in [6.45, 7) is 3.00. The number of likely N-dealkylation sites (N-methyl/N-ethyl adjacent to an activating group) is 1. The normalized spacial score (nSPS) is 12.1. The van der Waals surface area contributed by atoms with Crippen LogP contribution in [0.1, 0.15) is 18.1 Å². The molecule has 2 N–H and O–H groups in total. The molecular weight excluding hydrogens is 307 g/mol. The molecule has 1 rings (SSSR count). The molecule has 1 aromatic rings. The molecule has 0 aliphatic heterocycles. The Morgan fingerprint density at radius 2 is 1.95 bits per heavy atom. The van der Waals surface area contributed by atoms with E-state index in [2.05, 4.69) is 10.0 Å². The lowest BCUT2D eigenvalue weighted by Gasteiger charge is -2.11. The maximum absolute atomic E-state index is 12.6. The van der Waals surface area contributed by atoms with Crippen molar-refractivity contribution in [3.05, 3.63) is 29.3 Å². The van der Waals surface area contributed by atoms with Gasteiger partial charge in [0.2, 0.25) is 10.0 Å². The number of hydrogen-bond acceptors (Lipinski definition) is 4. The molecule has 0 saturated heterocycles. The first kappa shape index (κ1) is 17.4. The molecule has 0 radical (unpaired) electrons. The van der Waals surface area contributed by atoms with Gasteiger partial charge in [0.1, 0.15) is 0 Å². The van der Waals surface area contributed by atoms with E-state index in [4.69, 9.17) is 5.26 Å². The van der Waals surface area contributed by atoms with E-state index in [1.54, 1.807) is 0 Å². The van der Waals surface area contributed by atoms with E-state index in [0.717, 1.165) is 12.1 Å². The topological polar surface area (TPSA) is 82.0 Å². The third-order valence-corrected chi connectivity index (χ3v) is 4.03. The predicted octanol–water partition coefficient (Wildman–Crippen LogP) is 1.46. The van der Waals surface area contributed by atoms with Gasteiger partial charge in [-0.3, -0.25) is 0 Å². The van der Waals surface area contributed by atoms with Gasteiger partial charge >= 0.3 is 6.18 Å². The van der Waals surface area contributed by atoms with Gasteiger partial charge in [0.25, 0.3) is 0 Å². The molecule has 1 aromatic carbocycles. The molecule has 0 aliphatic rings. The van der Waals surface area contributed by atoms with Crippen LogP contribution < -0.4 is 10.0 Å². The van der Waals surface area contributed by atoms with E-state index < -0.39 is 27.3 Å². The molecule has 0 spiro atoms. The van der Waals surface area contributed by atoms with E-state index in [-0.39, 0.29) is 11.4 Å². The highest BCUT2D eigenvalue weighted by atomic mass is 32.2. The zero-order valence-electron chi connectivity index (χ0n) is 11.2. The zero-order chi connectivity index (χ0) is 16.1. The third-order valence-electron chi connectivity index (χ3n) is 2.57. The second-order valence-electron chi connectivity index (χ2n) is 4.07. The lowest BCUT2D eigenvalue weighted by molar-refractivity contribution is -0.137. The number of alkyl halides is 3. The Morgan fingerprint density at radius 1 is 1.29 bits per heavy atom. The number of hydrogen-bond donors (Lipinski definition) is 2. The summed E-state index contributed by atoms with van der Waals surface area (Å²) in [5.41, 5.74) is -1.88. The van der Waals surface area contributed by atoms with Crippen molar-refractivity contribution in [3.63, 3.8) is 0 Å². The molecule has 0 aromatic heterocycles. The minimum atomic E-state index is -4.70. The average Bonchev–Trinajstić information content (AvgIpc) is 2.42. The van der Waals surface area contributed by atoms with Crippen LogP contribution >= 0.6 is 0 Å². The molecule has 116 valence electrons. The maximum atomic E-state index is 12.6. The highest BCUT2D eigenvalue weighted by molar-refractivity contribution is 7.89. The SMILES string of the molecule is CCNCCNS(=O)(=O)c1ccc(C(F)(F)F)c(C#N)c1. The van der Waals surface area contributed by atoms with Crippen LogP contribution in [0.5, 0.6) is 0 Å². The number of halogens is 3. The fraction of sp³-hybridized carbons (Fsp3) is 0.417. The van der Waals surface area contributed by atoms with E-state index in [1.807, 2.05) is 6.92 Å². The van der Waals surface area contributed by atoms with Gasteiger partial charge in [0.15, 0.2) is 0 Å². The van der Waals surface area contributed by atoms with E-state index >= 15 is 0 Å². The Morgan fingerprint density at radius 3 is 2.48 bits per heavy atom. The number of sulfonamides is 1. The molecule has 0 heterocycles. The van der Waals surface area contributed by atoms with Crippen LogP contribution in [0.25, 0.3) is 0 Å². The van der Waals surface area contributed by atoms with Gasteiger partial charge in [-0.05, 0) is 24.7 Å². The molecular formula is C12H14F3N3O2S. The molecule has 0 atom stereocenters. The minimum Gasteiger partial charge on any atom is -0.316 e. The van der Waals surface area contributed by atoms with Crippen molar-refractivity contribution in [1.29, 1.82) is 5.26 Å². The highest BCUT2D eigenvalue weighted by Crippen LogP contribution is 2.32. The number of nitriles is 1. The van der Waals surface area contributed by atoms with Gasteiger partial charge < -0.3 is 5.32 Å². The van der Waals surface area contributed by atoms with Crippen LogP contribution in [0.3, 0.4) is 0 Å². The summed E-state index contributed by atoms with van der Waals surface area (Å²) >= 11 is 0. The Bertz CT molecular complexity index is 636. The van der Waals surface area contributed by atoms with Crippen LogP contribution in [-0.4, -0.2) is 28.1 Å². The minimum absolute atomic E-state index is 0.0963. The molecule has 0 unspecified atom stereocenters. The van der Waals surface area contributed by atoms with E-state index in [9.17, 15) is 21.6 Å². The smallest absolute Gasteiger partial charge is 0.316 e. The molecule has 0 bridgehead atoms. The monoisotopic (exact) mass is 321 g/mol. The first-order valence-corrected chi connectivity index (χ1v) is 7.52. The Labute approximate surface area is 120 Å². The summed E-state index contributed by atoms with van der Waals surface area (Å²) in [4.78, 5) is -0.372. The molecule has 9 heteroatoms. The number of nitrogens with one attached hydrogen (secondary N) is 2. The van der Waals surface area contributed by atoms with Crippen LogP contribution in [0.15, 0.2) is 23.1 Å². The van der Waals surface area contributed by atoms with Crippen LogP contribution in [0.2, 0.25) is 0 Å². The van der Waals surface area contributed by atoms with Crippen LogP contribution in [0.4, 0.5) is 13.2 Å².